The minimum absolute atomic E-state index is 0.125. The van der Waals surface area contributed by atoms with Crippen molar-refractivity contribution >= 4 is 34.8 Å². The van der Waals surface area contributed by atoms with Crippen molar-refractivity contribution in [2.24, 2.45) is 0 Å². The highest BCUT2D eigenvalue weighted by Gasteiger charge is 2.52. The molecule has 0 atom stereocenters. The summed E-state index contributed by atoms with van der Waals surface area (Å²) in [7, 11) is 0. The number of nitrogens with one attached hydrogen (secondary N) is 1. The van der Waals surface area contributed by atoms with Crippen molar-refractivity contribution in [2.45, 2.75) is 31.2 Å². The Labute approximate surface area is 168 Å². The zero-order valence-corrected chi connectivity index (χ0v) is 16.0. The Morgan fingerprint density at radius 1 is 1.00 bits per heavy atom. The summed E-state index contributed by atoms with van der Waals surface area (Å²) in [4.78, 5) is 41.1. The van der Waals surface area contributed by atoms with Gasteiger partial charge in [-0.15, -0.1) is 0 Å². The average Bonchev–Trinajstić information content (AvgIpc) is 3.19. The molecule has 4 rings (SSSR count). The van der Waals surface area contributed by atoms with Gasteiger partial charge in [0.05, 0.1) is 17.9 Å². The predicted octanol–water partition coefficient (Wildman–Crippen LogP) is 2.88. The number of carboxylic acid groups (broad SMARTS) is 1. The second kappa shape index (κ2) is 7.58. The number of fused-ring (bicyclic) bond motifs is 1. The molecule has 2 aromatic rings. The number of benzene rings is 2. The van der Waals surface area contributed by atoms with Crippen molar-refractivity contribution in [2.75, 3.05) is 28.2 Å². The second-order valence-electron chi connectivity index (χ2n) is 7.52. The fourth-order valence-electron chi connectivity index (χ4n) is 4.40. The van der Waals surface area contributed by atoms with Gasteiger partial charge in [0.2, 0.25) is 5.91 Å². The Balaban J connectivity index is 1.71. The molecule has 1 fully saturated rings. The van der Waals surface area contributed by atoms with E-state index in [4.69, 9.17) is 0 Å². The summed E-state index contributed by atoms with van der Waals surface area (Å²) in [5.74, 6) is -1.46. The monoisotopic (exact) mass is 393 g/mol. The predicted molar refractivity (Wildman–Crippen MR) is 110 cm³/mol. The summed E-state index contributed by atoms with van der Waals surface area (Å²) in [5, 5.41) is 12.3. The van der Waals surface area contributed by atoms with Gasteiger partial charge in [-0.3, -0.25) is 19.3 Å². The summed E-state index contributed by atoms with van der Waals surface area (Å²) in [5.41, 5.74) is 1.02. The van der Waals surface area contributed by atoms with E-state index in [1.165, 1.54) is 4.90 Å². The maximum absolute atomic E-state index is 13.5. The van der Waals surface area contributed by atoms with E-state index in [9.17, 15) is 19.5 Å². The zero-order valence-electron chi connectivity index (χ0n) is 16.0. The summed E-state index contributed by atoms with van der Waals surface area (Å²) in [6.07, 6.45) is 2.94. The van der Waals surface area contributed by atoms with Crippen molar-refractivity contribution < 1.29 is 19.5 Å². The molecular weight excluding hydrogens is 370 g/mol. The highest BCUT2D eigenvalue weighted by molar-refractivity contribution is 6.15. The third-order valence-corrected chi connectivity index (χ3v) is 5.70. The van der Waals surface area contributed by atoms with E-state index >= 15 is 0 Å². The molecule has 0 aromatic heterocycles. The third kappa shape index (κ3) is 3.44. The molecule has 0 saturated heterocycles. The molecule has 1 aliphatic heterocycles. The quantitative estimate of drug-likeness (QED) is 0.815. The standard InChI is InChI=1S/C22H23N3O4/c26-19(14-24(15-20(27)28)16-8-2-1-3-9-16)25-18-11-5-4-10-17(18)23-21(29)22(25)12-6-7-13-22/h1-5,8-11H,6-7,12-15H2,(H,23,29)(H,27,28). The van der Waals surface area contributed by atoms with E-state index in [-0.39, 0.29) is 24.9 Å². The molecule has 29 heavy (non-hydrogen) atoms. The summed E-state index contributed by atoms with van der Waals surface area (Å²) < 4.78 is 0. The van der Waals surface area contributed by atoms with Gasteiger partial charge < -0.3 is 15.3 Å². The molecular formula is C22H23N3O4. The lowest BCUT2D eigenvalue weighted by atomic mass is 9.89. The Bertz CT molecular complexity index is 938. The number of rotatable bonds is 5. The first-order valence-electron chi connectivity index (χ1n) is 9.77. The van der Waals surface area contributed by atoms with Gasteiger partial charge in [-0.05, 0) is 37.1 Å². The van der Waals surface area contributed by atoms with Gasteiger partial charge >= 0.3 is 5.97 Å². The van der Waals surface area contributed by atoms with Crippen molar-refractivity contribution in [1.29, 1.82) is 0 Å². The lowest BCUT2D eigenvalue weighted by molar-refractivity contribution is -0.135. The SMILES string of the molecule is O=C(O)CN(CC(=O)N1c2ccccc2NC(=O)C12CCCC2)c1ccccc1. The minimum Gasteiger partial charge on any atom is -0.480 e. The lowest BCUT2D eigenvalue weighted by Gasteiger charge is -2.45. The maximum Gasteiger partial charge on any atom is 0.323 e. The number of hydrogen-bond acceptors (Lipinski definition) is 4. The first-order chi connectivity index (χ1) is 14.0. The van der Waals surface area contributed by atoms with Crippen LogP contribution in [0.2, 0.25) is 0 Å². The van der Waals surface area contributed by atoms with E-state index in [2.05, 4.69) is 5.32 Å². The molecule has 2 aliphatic rings. The van der Waals surface area contributed by atoms with Crippen molar-refractivity contribution in [3.8, 4) is 0 Å². The van der Waals surface area contributed by atoms with Crippen LogP contribution in [0.5, 0.6) is 0 Å². The van der Waals surface area contributed by atoms with Crippen LogP contribution in [0.1, 0.15) is 25.7 Å². The van der Waals surface area contributed by atoms with Crippen molar-refractivity contribution in [1.82, 2.24) is 0 Å². The topological polar surface area (TPSA) is 89.9 Å². The van der Waals surface area contributed by atoms with E-state index in [1.807, 2.05) is 24.3 Å². The molecule has 1 spiro atoms. The fourth-order valence-corrected chi connectivity index (χ4v) is 4.40. The Morgan fingerprint density at radius 3 is 2.34 bits per heavy atom. The van der Waals surface area contributed by atoms with E-state index in [1.54, 1.807) is 35.2 Å². The highest BCUT2D eigenvalue weighted by atomic mass is 16.4. The lowest BCUT2D eigenvalue weighted by Crippen LogP contribution is -2.62. The molecule has 1 heterocycles. The van der Waals surface area contributed by atoms with Gasteiger partial charge in [-0.25, -0.2) is 0 Å². The molecule has 2 amide bonds. The second-order valence-corrected chi connectivity index (χ2v) is 7.52. The summed E-state index contributed by atoms with van der Waals surface area (Å²) >= 11 is 0. The molecule has 150 valence electrons. The number of hydrogen-bond donors (Lipinski definition) is 2. The molecule has 0 bridgehead atoms. The third-order valence-electron chi connectivity index (χ3n) is 5.70. The molecule has 0 radical (unpaired) electrons. The van der Waals surface area contributed by atoms with E-state index in [0.29, 0.717) is 29.9 Å². The number of carbonyl (C=O) groups is 3. The van der Waals surface area contributed by atoms with E-state index < -0.39 is 11.5 Å². The Morgan fingerprint density at radius 2 is 1.66 bits per heavy atom. The maximum atomic E-state index is 13.5. The highest BCUT2D eigenvalue weighted by Crippen LogP contribution is 2.45. The first-order valence-corrected chi connectivity index (χ1v) is 9.77. The summed E-state index contributed by atoms with van der Waals surface area (Å²) in [6.45, 7) is -0.426. The van der Waals surface area contributed by atoms with Crippen molar-refractivity contribution in [3.63, 3.8) is 0 Å². The molecule has 1 aliphatic carbocycles. The van der Waals surface area contributed by atoms with Gasteiger partial charge in [0.1, 0.15) is 12.1 Å². The zero-order chi connectivity index (χ0) is 20.4. The number of carbonyl (C=O) groups excluding carboxylic acids is 2. The van der Waals surface area contributed by atoms with Crippen LogP contribution < -0.4 is 15.1 Å². The van der Waals surface area contributed by atoms with Gasteiger partial charge in [-0.2, -0.15) is 0 Å². The van der Waals surface area contributed by atoms with Gasteiger partial charge in [0, 0.05) is 5.69 Å². The number of para-hydroxylation sites is 3. The number of nitrogens with zero attached hydrogens (tertiary/aromatic N) is 2. The molecule has 1 saturated carbocycles. The summed E-state index contributed by atoms with van der Waals surface area (Å²) in [6, 6.07) is 16.3. The Kier molecular flexibility index (Phi) is 4.96. The minimum atomic E-state index is -1.02. The van der Waals surface area contributed by atoms with Gasteiger partial charge in [-0.1, -0.05) is 43.2 Å². The largest absolute Gasteiger partial charge is 0.480 e. The number of anilines is 3. The van der Waals surface area contributed by atoms with Gasteiger partial charge in [0.25, 0.3) is 5.91 Å². The molecule has 7 heteroatoms. The first kappa shape index (κ1) is 19.0. The Hall–Kier alpha value is -3.35. The van der Waals surface area contributed by atoms with Crippen LogP contribution in [0.25, 0.3) is 0 Å². The molecule has 7 nitrogen and oxygen atoms in total. The van der Waals surface area contributed by atoms with Crippen LogP contribution in [0.3, 0.4) is 0 Å². The van der Waals surface area contributed by atoms with E-state index in [0.717, 1.165) is 12.8 Å². The van der Waals surface area contributed by atoms with Crippen LogP contribution in [-0.4, -0.2) is 41.5 Å². The van der Waals surface area contributed by atoms with Crippen LogP contribution in [0.15, 0.2) is 54.6 Å². The van der Waals surface area contributed by atoms with Crippen LogP contribution >= 0.6 is 0 Å². The fraction of sp³-hybridized carbons (Fsp3) is 0.318. The number of carboxylic acids is 1. The normalized spacial score (nSPS) is 17.0. The smallest absolute Gasteiger partial charge is 0.323 e. The molecule has 2 N–H and O–H groups in total. The van der Waals surface area contributed by atoms with Gasteiger partial charge in [0.15, 0.2) is 0 Å². The number of aliphatic carboxylic acids is 1. The number of amides is 2. The molecule has 0 unspecified atom stereocenters. The van der Waals surface area contributed by atoms with Crippen molar-refractivity contribution in [3.05, 3.63) is 54.6 Å². The molecule has 2 aromatic carbocycles. The van der Waals surface area contributed by atoms with Crippen LogP contribution in [-0.2, 0) is 14.4 Å². The van der Waals surface area contributed by atoms with Crippen LogP contribution in [0.4, 0.5) is 17.1 Å². The average molecular weight is 393 g/mol. The van der Waals surface area contributed by atoms with Crippen LogP contribution in [0, 0.1) is 0 Å².